The highest BCUT2D eigenvalue weighted by molar-refractivity contribution is 6.68. The van der Waals surface area contributed by atoms with Crippen LogP contribution in [0, 0.1) is 0 Å². The fourth-order valence-corrected chi connectivity index (χ4v) is 3.62. The highest BCUT2D eigenvalue weighted by atomic mass is 35.5. The Morgan fingerprint density at radius 3 is 2.59 bits per heavy atom. The average Bonchev–Trinajstić information content (AvgIpc) is 2.23. The van der Waals surface area contributed by atoms with Gasteiger partial charge < -0.3 is 0 Å². The summed E-state index contributed by atoms with van der Waals surface area (Å²) in [5, 5.41) is 0. The van der Waals surface area contributed by atoms with Crippen LogP contribution >= 0.6 is 34.8 Å². The zero-order valence-electron chi connectivity index (χ0n) is 10.3. The fraction of sp³-hybridized carbons (Fsp3) is 0.538. The van der Waals surface area contributed by atoms with Gasteiger partial charge in [0.1, 0.15) is 0 Å². The summed E-state index contributed by atoms with van der Waals surface area (Å²) in [7, 11) is -0.302. The number of alkyl halides is 3. The van der Waals surface area contributed by atoms with Crippen LogP contribution in [-0.4, -0.2) is 14.0 Å². The maximum Gasteiger partial charge on any atom is 0.0908 e. The van der Waals surface area contributed by atoms with Crippen LogP contribution in [0.1, 0.15) is 31.4 Å². The summed E-state index contributed by atoms with van der Waals surface area (Å²) >= 11 is 17.8. The average molecular weight is 310 g/mol. The maximum absolute atomic E-state index is 6.31. The zero-order valence-corrected chi connectivity index (χ0v) is 14.0. The van der Waals surface area contributed by atoms with Gasteiger partial charge in [0, 0.05) is 0 Å². The largest absolute Gasteiger partial charge is 0.115 e. The van der Waals surface area contributed by atoms with Gasteiger partial charge in [0.15, 0.2) is 0 Å². The van der Waals surface area contributed by atoms with Crippen molar-refractivity contribution in [1.29, 1.82) is 0 Å². The first-order chi connectivity index (χ1) is 7.89. The third-order valence-electron chi connectivity index (χ3n) is 2.75. The number of aryl methyl sites for hydroxylation is 1. The van der Waals surface area contributed by atoms with Crippen molar-refractivity contribution in [3.8, 4) is 0 Å². The van der Waals surface area contributed by atoms with E-state index in [0.29, 0.717) is 0 Å². The summed E-state index contributed by atoms with van der Waals surface area (Å²) in [5.74, 6) is 0. The van der Waals surface area contributed by atoms with Gasteiger partial charge in [-0.25, -0.2) is 0 Å². The van der Waals surface area contributed by atoms with Crippen molar-refractivity contribution in [2.75, 3.05) is 0 Å². The topological polar surface area (TPSA) is 0 Å². The van der Waals surface area contributed by atoms with E-state index < -0.39 is 0 Å². The van der Waals surface area contributed by atoms with E-state index in [1.807, 2.05) is 13.8 Å². The van der Waals surface area contributed by atoms with Crippen molar-refractivity contribution >= 4 is 44.3 Å². The van der Waals surface area contributed by atoms with Crippen LogP contribution in [0.3, 0.4) is 0 Å². The van der Waals surface area contributed by atoms with E-state index in [1.54, 1.807) is 0 Å². The van der Waals surface area contributed by atoms with Gasteiger partial charge in [-0.3, -0.25) is 0 Å². The van der Waals surface area contributed by atoms with Crippen LogP contribution in [0.25, 0.3) is 0 Å². The van der Waals surface area contributed by atoms with E-state index >= 15 is 0 Å². The third kappa shape index (κ3) is 6.14. The molecule has 17 heavy (non-hydrogen) atoms. The molecule has 0 aliphatic carbocycles. The Hall–Kier alpha value is 0.307. The second-order valence-electron chi connectivity index (χ2n) is 4.81. The van der Waals surface area contributed by atoms with Crippen LogP contribution in [-0.2, 0) is 11.3 Å². The van der Waals surface area contributed by atoms with Gasteiger partial charge in [0.25, 0.3) is 0 Å². The van der Waals surface area contributed by atoms with E-state index in [4.69, 9.17) is 34.8 Å². The van der Waals surface area contributed by atoms with Crippen LogP contribution in [0.2, 0.25) is 6.04 Å². The first-order valence-corrected chi connectivity index (χ1v) is 9.03. The molecule has 0 N–H and O–H groups in total. The molecule has 0 saturated heterocycles. The molecule has 0 bridgehead atoms. The van der Waals surface area contributed by atoms with Gasteiger partial charge in [-0.15, -0.1) is 34.8 Å². The molecule has 0 unspecified atom stereocenters. The molecule has 0 fully saturated rings. The Morgan fingerprint density at radius 1 is 1.29 bits per heavy atom. The van der Waals surface area contributed by atoms with Gasteiger partial charge in [-0.1, -0.05) is 36.7 Å². The molecular weight excluding hydrogens is 291 g/mol. The zero-order chi connectivity index (χ0) is 12.9. The lowest BCUT2D eigenvalue weighted by atomic mass is 9.98. The third-order valence-corrected chi connectivity index (χ3v) is 5.62. The molecule has 0 saturated carbocycles. The molecular formula is C13H19Cl3Si. The van der Waals surface area contributed by atoms with Crippen molar-refractivity contribution in [2.45, 2.75) is 42.1 Å². The monoisotopic (exact) mass is 308 g/mol. The molecule has 0 heterocycles. The minimum absolute atomic E-state index is 0.0943. The number of benzene rings is 1. The summed E-state index contributed by atoms with van der Waals surface area (Å²) < 4.78 is -0.0943. The number of hydrogen-bond acceptors (Lipinski definition) is 0. The lowest BCUT2D eigenvalue weighted by Gasteiger charge is -2.17. The number of hydrogen-bond donors (Lipinski definition) is 0. The minimum Gasteiger partial charge on any atom is -0.115 e. The normalized spacial score (nSPS) is 12.8. The van der Waals surface area contributed by atoms with Gasteiger partial charge in [-0.2, -0.15) is 0 Å². The standard InChI is InChI=1S/C13H19Cl3Si/c1-13(2,16)11-7-3-5-10(9-11)6-4-8-17-12(14)15/h3,5,7,9,12H,4,6,8,17H2,1-2H3. The number of rotatable bonds is 6. The summed E-state index contributed by atoms with van der Waals surface area (Å²) in [6, 6.07) is 9.73. The van der Waals surface area contributed by atoms with Gasteiger partial charge >= 0.3 is 0 Å². The van der Waals surface area contributed by atoms with E-state index in [-0.39, 0.29) is 18.9 Å². The van der Waals surface area contributed by atoms with Gasteiger partial charge in [0.2, 0.25) is 0 Å². The van der Waals surface area contributed by atoms with Crippen LogP contribution < -0.4 is 0 Å². The fourth-order valence-electron chi connectivity index (χ4n) is 1.72. The van der Waals surface area contributed by atoms with Gasteiger partial charge in [-0.05, 0) is 31.4 Å². The second-order valence-corrected chi connectivity index (χ2v) is 10.2. The molecule has 1 rings (SSSR count). The van der Waals surface area contributed by atoms with Crippen LogP contribution in [0.15, 0.2) is 24.3 Å². The molecule has 0 aliphatic rings. The highest BCUT2D eigenvalue weighted by Crippen LogP contribution is 2.28. The molecule has 1 aromatic carbocycles. The number of halogens is 3. The quantitative estimate of drug-likeness (QED) is 0.414. The van der Waals surface area contributed by atoms with Crippen LogP contribution in [0.5, 0.6) is 0 Å². The summed E-state index contributed by atoms with van der Waals surface area (Å²) in [4.78, 5) is -0.290. The van der Waals surface area contributed by atoms with Crippen LogP contribution in [0.4, 0.5) is 0 Å². The molecule has 96 valence electrons. The first kappa shape index (κ1) is 15.4. The van der Waals surface area contributed by atoms with Crippen molar-refractivity contribution in [2.24, 2.45) is 0 Å². The highest BCUT2D eigenvalue weighted by Gasteiger charge is 2.16. The molecule has 0 atom stereocenters. The Kier molecular flexibility index (Phi) is 6.36. The van der Waals surface area contributed by atoms with Crippen molar-refractivity contribution in [3.63, 3.8) is 0 Å². The first-order valence-electron chi connectivity index (χ1n) is 5.96. The lowest BCUT2D eigenvalue weighted by Crippen LogP contribution is -2.07. The van der Waals surface area contributed by atoms with Crippen molar-refractivity contribution in [1.82, 2.24) is 0 Å². The SMILES string of the molecule is CC(C)(Cl)c1cccc(CCC[SiH2]C(Cl)Cl)c1. The Morgan fingerprint density at radius 2 is 2.00 bits per heavy atom. The van der Waals surface area contributed by atoms with E-state index in [2.05, 4.69) is 24.3 Å². The van der Waals surface area contributed by atoms with Crippen molar-refractivity contribution < 1.29 is 0 Å². The smallest absolute Gasteiger partial charge is 0.0908 e. The Labute approximate surface area is 121 Å². The predicted molar refractivity (Wildman–Crippen MR) is 82.5 cm³/mol. The Bertz CT molecular complexity index is 345. The van der Waals surface area contributed by atoms with E-state index in [1.165, 1.54) is 23.6 Å². The Balaban J connectivity index is 2.49. The molecule has 0 aromatic heterocycles. The molecule has 0 aliphatic heterocycles. The minimum atomic E-state index is -0.302. The molecule has 0 radical (unpaired) electrons. The predicted octanol–water partition coefficient (Wildman–Crippen LogP) is 4.44. The summed E-state index contributed by atoms with van der Waals surface area (Å²) in [6.45, 7) is 4.04. The molecule has 1 aromatic rings. The molecule has 0 amide bonds. The van der Waals surface area contributed by atoms with Gasteiger partial charge in [0.05, 0.1) is 18.9 Å². The summed E-state index contributed by atoms with van der Waals surface area (Å²) in [5.41, 5.74) is 2.53. The summed E-state index contributed by atoms with van der Waals surface area (Å²) in [6.07, 6.45) is 2.27. The molecule has 0 nitrogen and oxygen atoms in total. The molecule has 0 spiro atoms. The lowest BCUT2D eigenvalue weighted by molar-refractivity contribution is 0.762. The maximum atomic E-state index is 6.31. The molecule has 4 heteroatoms. The second kappa shape index (κ2) is 7.03. The van der Waals surface area contributed by atoms with E-state index in [9.17, 15) is 0 Å². The van der Waals surface area contributed by atoms with Crippen molar-refractivity contribution in [3.05, 3.63) is 35.4 Å². The van der Waals surface area contributed by atoms with E-state index in [0.717, 1.165) is 6.42 Å².